The predicted molar refractivity (Wildman–Crippen MR) is 261 cm³/mol. The van der Waals surface area contributed by atoms with Crippen molar-refractivity contribution in [3.05, 3.63) is 150 Å². The molecule has 4 aromatic carbocycles. The standard InChI is InChI=1S/C54H51N13/c1-57-44-16-17-62(32-44)45-13-15-50-43(21-45)31-64-28-40(38-8-4-35(24-55)5-9-38)22-51(64)53-58-26-47(67(50)53)18-37-19-48(61(2)3)33-63(27-37)46-12-14-49-42(20-46)30-65-29-41(39-10-6-36(25-56)7-11-39)23-52(65)54-60-59-34-66(49)54/h4-15,20-23,26,28-29,34,37,44,48,57H,16-19,27,30-33H2,1-3H3/t37?,44-,48-/m1/s1. The van der Waals surface area contributed by atoms with Gasteiger partial charge >= 0.3 is 0 Å². The zero-order chi connectivity index (χ0) is 45.3. The van der Waals surface area contributed by atoms with Crippen molar-refractivity contribution in [3.63, 3.8) is 0 Å². The number of hydrogen-bond acceptors (Lipinski definition) is 9. The van der Waals surface area contributed by atoms with E-state index < -0.39 is 0 Å². The van der Waals surface area contributed by atoms with Crippen LogP contribution in [0.3, 0.4) is 0 Å². The Hall–Kier alpha value is -7.71. The zero-order valence-electron chi connectivity index (χ0n) is 38.0. The van der Waals surface area contributed by atoms with Crippen molar-refractivity contribution in [1.82, 2.24) is 43.7 Å². The van der Waals surface area contributed by atoms with Crippen molar-refractivity contribution in [1.29, 1.82) is 10.5 Å². The van der Waals surface area contributed by atoms with Gasteiger partial charge in [-0.05, 0) is 141 Å². The van der Waals surface area contributed by atoms with Gasteiger partial charge in [-0.2, -0.15) is 10.5 Å². The molecule has 8 heterocycles. The van der Waals surface area contributed by atoms with Crippen LogP contribution in [0.15, 0.2) is 122 Å². The summed E-state index contributed by atoms with van der Waals surface area (Å²) in [5, 5.41) is 31.3. The number of nitrogens with one attached hydrogen (secondary N) is 1. The topological polar surface area (TPSA) is 128 Å². The summed E-state index contributed by atoms with van der Waals surface area (Å²) in [4.78, 5) is 12.8. The fourth-order valence-corrected chi connectivity index (χ4v) is 11.1. The van der Waals surface area contributed by atoms with E-state index in [2.05, 4.69) is 149 Å². The van der Waals surface area contributed by atoms with Crippen LogP contribution in [0.25, 0.3) is 56.7 Å². The lowest BCUT2D eigenvalue weighted by molar-refractivity contribution is 0.217. The second kappa shape index (κ2) is 16.3. The Balaban J connectivity index is 0.883. The Labute approximate surface area is 390 Å². The van der Waals surface area contributed by atoms with Gasteiger partial charge < -0.3 is 29.2 Å². The van der Waals surface area contributed by atoms with Crippen LogP contribution in [-0.4, -0.2) is 97.8 Å². The lowest BCUT2D eigenvalue weighted by atomic mass is 9.89. The van der Waals surface area contributed by atoms with E-state index in [4.69, 9.17) is 4.98 Å². The normalized spacial score (nSPS) is 18.2. The van der Waals surface area contributed by atoms with E-state index in [1.807, 2.05) is 54.9 Å². The fraction of sp³-hybridized carbons (Fsp3) is 0.278. The summed E-state index contributed by atoms with van der Waals surface area (Å²) in [6.45, 7) is 5.32. The van der Waals surface area contributed by atoms with E-state index in [0.717, 1.165) is 103 Å². The van der Waals surface area contributed by atoms with Crippen LogP contribution in [0.1, 0.15) is 40.8 Å². The molecule has 8 aromatic rings. The van der Waals surface area contributed by atoms with Gasteiger partial charge in [0.15, 0.2) is 11.6 Å². The second-order valence-corrected chi connectivity index (χ2v) is 19.0. The van der Waals surface area contributed by atoms with Gasteiger partial charge in [-0.15, -0.1) is 10.2 Å². The number of nitrogens with zero attached hydrogens (tertiary/aromatic N) is 12. The van der Waals surface area contributed by atoms with Crippen LogP contribution in [0, 0.1) is 28.6 Å². The Bertz CT molecular complexity index is 3260. The molecule has 0 saturated carbocycles. The molecule has 0 bridgehead atoms. The number of imidazole rings is 1. The first kappa shape index (κ1) is 40.8. The average Bonchev–Trinajstić information content (AvgIpc) is 4.22. The molecular formula is C54H51N13. The molecule has 3 atom stereocenters. The number of fused-ring (bicyclic) bond motifs is 10. The molecule has 12 rings (SSSR count). The van der Waals surface area contributed by atoms with Gasteiger partial charge in [0.25, 0.3) is 0 Å². The molecule has 2 fully saturated rings. The van der Waals surface area contributed by atoms with E-state index in [1.165, 1.54) is 33.9 Å². The van der Waals surface area contributed by atoms with E-state index in [0.29, 0.717) is 35.7 Å². The Morgan fingerprint density at radius 3 is 1.96 bits per heavy atom. The monoisotopic (exact) mass is 881 g/mol. The summed E-state index contributed by atoms with van der Waals surface area (Å²) in [5.41, 5.74) is 16.2. The Kier molecular flexibility index (Phi) is 9.93. The molecule has 13 heteroatoms. The molecule has 4 aromatic heterocycles. The molecule has 0 aliphatic carbocycles. The highest BCUT2D eigenvalue weighted by Crippen LogP contribution is 2.40. The molecule has 4 aliphatic heterocycles. The van der Waals surface area contributed by atoms with Crippen LogP contribution >= 0.6 is 0 Å². The minimum absolute atomic E-state index is 0.364. The maximum absolute atomic E-state index is 9.49. The number of hydrogen-bond donors (Lipinski definition) is 1. The molecule has 1 N–H and O–H groups in total. The van der Waals surface area contributed by atoms with Gasteiger partial charge in [0.05, 0.1) is 46.0 Å². The number of aromatic nitrogens is 7. The van der Waals surface area contributed by atoms with Crippen molar-refractivity contribution in [2.45, 2.75) is 44.4 Å². The largest absolute Gasteiger partial charge is 0.370 e. The number of anilines is 2. The SMILES string of the molecule is CN[C@@H]1CCN(c2ccc3c(c2)Cn2cc(-c4ccc(C#N)cc4)cc2-c2ncc(CC4C[C@@H](N(C)C)CN(c5ccc6c(c5)Cn5cc(-c7ccc(C#N)cc7)cc5-c5nncn5-6)C4)n2-3)C1. The molecule has 67 heavy (non-hydrogen) atoms. The van der Waals surface area contributed by atoms with Crippen LogP contribution in [-0.2, 0) is 19.5 Å². The van der Waals surface area contributed by atoms with Crippen molar-refractivity contribution in [3.8, 4) is 68.8 Å². The predicted octanol–water partition coefficient (Wildman–Crippen LogP) is 7.99. The molecule has 4 aliphatic rings. The van der Waals surface area contributed by atoms with E-state index in [9.17, 15) is 10.5 Å². The minimum atomic E-state index is 0.364. The van der Waals surface area contributed by atoms with Crippen molar-refractivity contribution in [2.24, 2.45) is 5.92 Å². The van der Waals surface area contributed by atoms with Gasteiger partial charge in [-0.1, -0.05) is 24.3 Å². The van der Waals surface area contributed by atoms with E-state index in [1.54, 1.807) is 0 Å². The third-order valence-electron chi connectivity index (χ3n) is 14.7. The third-order valence-corrected chi connectivity index (χ3v) is 14.7. The summed E-state index contributed by atoms with van der Waals surface area (Å²) < 4.78 is 9.21. The minimum Gasteiger partial charge on any atom is -0.370 e. The molecule has 0 spiro atoms. The first-order chi connectivity index (χ1) is 32.8. The van der Waals surface area contributed by atoms with Gasteiger partial charge in [-0.3, -0.25) is 9.13 Å². The lowest BCUT2D eigenvalue weighted by Crippen LogP contribution is -2.49. The molecule has 332 valence electrons. The maximum atomic E-state index is 9.49. The number of piperidine rings is 1. The van der Waals surface area contributed by atoms with Gasteiger partial charge in [0.1, 0.15) is 6.33 Å². The van der Waals surface area contributed by atoms with Gasteiger partial charge in [0.2, 0.25) is 0 Å². The van der Waals surface area contributed by atoms with Crippen LogP contribution < -0.4 is 15.1 Å². The van der Waals surface area contributed by atoms with E-state index in [-0.39, 0.29) is 0 Å². The molecule has 0 amide bonds. The fourth-order valence-electron chi connectivity index (χ4n) is 11.1. The molecular weight excluding hydrogens is 831 g/mol. The third kappa shape index (κ3) is 7.19. The summed E-state index contributed by atoms with van der Waals surface area (Å²) in [7, 11) is 6.49. The highest BCUT2D eigenvalue weighted by molar-refractivity contribution is 5.74. The molecule has 1 unspecified atom stereocenters. The van der Waals surface area contributed by atoms with Crippen molar-refractivity contribution >= 4 is 11.4 Å². The second-order valence-electron chi connectivity index (χ2n) is 19.0. The summed E-state index contributed by atoms with van der Waals surface area (Å²) in [6, 6.07) is 39.4. The highest BCUT2D eigenvalue weighted by atomic mass is 15.3. The highest BCUT2D eigenvalue weighted by Gasteiger charge is 2.33. The molecule has 13 nitrogen and oxygen atoms in total. The summed E-state index contributed by atoms with van der Waals surface area (Å²) in [6.07, 6.45) is 11.5. The first-order valence-corrected chi connectivity index (χ1v) is 23.3. The van der Waals surface area contributed by atoms with Crippen molar-refractivity contribution in [2.75, 3.05) is 57.1 Å². The first-order valence-electron chi connectivity index (χ1n) is 23.3. The average molecular weight is 882 g/mol. The molecule has 2 saturated heterocycles. The lowest BCUT2D eigenvalue weighted by Gasteiger charge is -2.42. The van der Waals surface area contributed by atoms with Crippen molar-refractivity contribution < 1.29 is 0 Å². The number of benzene rings is 4. The smallest absolute Gasteiger partial charge is 0.185 e. The Morgan fingerprint density at radius 1 is 0.701 bits per heavy atom. The molecule has 0 radical (unpaired) electrons. The maximum Gasteiger partial charge on any atom is 0.185 e. The number of likely N-dealkylation sites (N-methyl/N-ethyl adjacent to an activating group) is 2. The van der Waals surface area contributed by atoms with Crippen LogP contribution in [0.5, 0.6) is 0 Å². The summed E-state index contributed by atoms with van der Waals surface area (Å²) >= 11 is 0. The number of nitriles is 2. The number of rotatable bonds is 8. The van der Waals surface area contributed by atoms with Gasteiger partial charge in [0, 0.05) is 98.1 Å². The van der Waals surface area contributed by atoms with Gasteiger partial charge in [-0.25, -0.2) is 4.98 Å². The Morgan fingerprint density at radius 2 is 1.33 bits per heavy atom. The van der Waals surface area contributed by atoms with E-state index >= 15 is 0 Å². The zero-order valence-corrected chi connectivity index (χ0v) is 38.0. The van der Waals surface area contributed by atoms with Crippen LogP contribution in [0.4, 0.5) is 11.4 Å². The quantitative estimate of drug-likeness (QED) is 0.162. The van der Waals surface area contributed by atoms with Crippen LogP contribution in [0.2, 0.25) is 0 Å². The summed E-state index contributed by atoms with van der Waals surface area (Å²) in [5.74, 6) is 2.14.